The number of nitrogens with zero attached hydrogens (tertiary/aromatic N) is 2. The van der Waals surface area contributed by atoms with E-state index in [-0.39, 0.29) is 30.1 Å². The standard InChI is InChI=1S/C21H34N4O2.HI/c1-2-22-21(24-19-7-9-20(26)10-8-19)23-15-17-3-5-18(6-4-17)16-25-11-13-27-14-12-25;/h3-6,19-20,26H,2,7-16H2,1H3,(H2,22,23,24);1H. The quantitative estimate of drug-likeness (QED) is 0.317. The predicted octanol–water partition coefficient (Wildman–Crippen LogP) is 2.50. The number of rotatable bonds is 6. The first-order chi connectivity index (χ1) is 13.2. The molecule has 3 rings (SSSR count). The number of hydrogen-bond donors (Lipinski definition) is 3. The van der Waals surface area contributed by atoms with Crippen molar-refractivity contribution in [2.24, 2.45) is 4.99 Å². The maximum absolute atomic E-state index is 9.66. The molecule has 1 aliphatic carbocycles. The molecular formula is C21H35IN4O2. The molecule has 0 amide bonds. The molecule has 1 aromatic rings. The van der Waals surface area contributed by atoms with Crippen molar-refractivity contribution in [2.45, 2.75) is 57.8 Å². The minimum Gasteiger partial charge on any atom is -0.393 e. The van der Waals surface area contributed by atoms with E-state index in [4.69, 9.17) is 9.73 Å². The van der Waals surface area contributed by atoms with E-state index in [2.05, 4.69) is 46.7 Å². The van der Waals surface area contributed by atoms with E-state index in [9.17, 15) is 5.11 Å². The minimum atomic E-state index is -0.126. The zero-order valence-corrected chi connectivity index (χ0v) is 19.2. The van der Waals surface area contributed by atoms with Crippen molar-refractivity contribution < 1.29 is 9.84 Å². The Balaban J connectivity index is 0.00000280. The van der Waals surface area contributed by atoms with Crippen molar-refractivity contribution in [3.8, 4) is 0 Å². The summed E-state index contributed by atoms with van der Waals surface area (Å²) < 4.78 is 5.41. The summed E-state index contributed by atoms with van der Waals surface area (Å²) >= 11 is 0. The molecule has 1 saturated heterocycles. The average Bonchev–Trinajstić information content (AvgIpc) is 2.70. The maximum Gasteiger partial charge on any atom is 0.191 e. The number of hydrogen-bond acceptors (Lipinski definition) is 4. The van der Waals surface area contributed by atoms with Gasteiger partial charge in [0, 0.05) is 32.2 Å². The van der Waals surface area contributed by atoms with E-state index in [0.717, 1.165) is 71.0 Å². The van der Waals surface area contributed by atoms with E-state index in [1.54, 1.807) is 0 Å². The fourth-order valence-corrected chi connectivity index (χ4v) is 3.67. The highest BCUT2D eigenvalue weighted by Gasteiger charge is 2.19. The van der Waals surface area contributed by atoms with Gasteiger partial charge in [-0.3, -0.25) is 4.90 Å². The molecule has 0 radical (unpaired) electrons. The molecule has 0 spiro atoms. The fraction of sp³-hybridized carbons (Fsp3) is 0.667. The summed E-state index contributed by atoms with van der Waals surface area (Å²) in [7, 11) is 0. The van der Waals surface area contributed by atoms with Crippen LogP contribution in [0, 0.1) is 0 Å². The van der Waals surface area contributed by atoms with Gasteiger partial charge in [0.15, 0.2) is 5.96 Å². The van der Waals surface area contributed by atoms with Crippen LogP contribution >= 0.6 is 24.0 Å². The third-order valence-corrected chi connectivity index (χ3v) is 5.33. The van der Waals surface area contributed by atoms with Crippen molar-refractivity contribution in [1.82, 2.24) is 15.5 Å². The average molecular weight is 502 g/mol. The van der Waals surface area contributed by atoms with Gasteiger partial charge in [0.1, 0.15) is 0 Å². The molecule has 7 heteroatoms. The maximum atomic E-state index is 9.66. The third kappa shape index (κ3) is 7.85. The number of aliphatic hydroxyl groups excluding tert-OH is 1. The smallest absolute Gasteiger partial charge is 0.191 e. The van der Waals surface area contributed by atoms with E-state index in [0.29, 0.717) is 12.6 Å². The number of ether oxygens (including phenoxy) is 1. The fourth-order valence-electron chi connectivity index (χ4n) is 3.67. The van der Waals surface area contributed by atoms with Gasteiger partial charge in [-0.25, -0.2) is 4.99 Å². The van der Waals surface area contributed by atoms with Gasteiger partial charge in [0.25, 0.3) is 0 Å². The number of aliphatic imine (C=N–C) groups is 1. The lowest BCUT2D eigenvalue weighted by Crippen LogP contribution is -2.45. The molecule has 2 fully saturated rings. The summed E-state index contributed by atoms with van der Waals surface area (Å²) in [5.74, 6) is 0.872. The van der Waals surface area contributed by atoms with Gasteiger partial charge in [-0.1, -0.05) is 24.3 Å². The van der Waals surface area contributed by atoms with Crippen LogP contribution < -0.4 is 10.6 Å². The van der Waals surface area contributed by atoms with E-state index < -0.39 is 0 Å². The summed E-state index contributed by atoms with van der Waals surface area (Å²) in [5.41, 5.74) is 2.56. The highest BCUT2D eigenvalue weighted by atomic mass is 127. The summed E-state index contributed by atoms with van der Waals surface area (Å²) in [6.07, 6.45) is 3.63. The van der Waals surface area contributed by atoms with Gasteiger partial charge in [0.05, 0.1) is 25.9 Å². The van der Waals surface area contributed by atoms with Crippen LogP contribution in [0.25, 0.3) is 0 Å². The number of morpholine rings is 1. The molecule has 28 heavy (non-hydrogen) atoms. The van der Waals surface area contributed by atoms with Crippen LogP contribution in [0.1, 0.15) is 43.7 Å². The van der Waals surface area contributed by atoms with Crippen molar-refractivity contribution in [3.63, 3.8) is 0 Å². The molecule has 1 heterocycles. The third-order valence-electron chi connectivity index (χ3n) is 5.33. The summed E-state index contributed by atoms with van der Waals surface area (Å²) in [6, 6.07) is 9.19. The highest BCUT2D eigenvalue weighted by Crippen LogP contribution is 2.18. The van der Waals surface area contributed by atoms with Crippen LogP contribution in [-0.2, 0) is 17.8 Å². The molecular weight excluding hydrogens is 467 g/mol. The molecule has 0 bridgehead atoms. The lowest BCUT2D eigenvalue weighted by Gasteiger charge is -2.27. The zero-order chi connectivity index (χ0) is 18.9. The molecule has 6 nitrogen and oxygen atoms in total. The second-order valence-electron chi connectivity index (χ2n) is 7.55. The number of guanidine groups is 1. The predicted molar refractivity (Wildman–Crippen MR) is 124 cm³/mol. The van der Waals surface area contributed by atoms with Gasteiger partial charge in [-0.05, 0) is 43.7 Å². The van der Waals surface area contributed by atoms with E-state index >= 15 is 0 Å². The van der Waals surface area contributed by atoms with Crippen LogP contribution in [0.15, 0.2) is 29.3 Å². The number of nitrogens with one attached hydrogen (secondary N) is 2. The highest BCUT2D eigenvalue weighted by molar-refractivity contribution is 14.0. The van der Waals surface area contributed by atoms with Crippen molar-refractivity contribution in [2.75, 3.05) is 32.8 Å². The number of halogens is 1. The van der Waals surface area contributed by atoms with Gasteiger partial charge in [0.2, 0.25) is 0 Å². The van der Waals surface area contributed by atoms with Crippen LogP contribution in [0.3, 0.4) is 0 Å². The SMILES string of the molecule is CCNC(=NCc1ccc(CN2CCOCC2)cc1)NC1CCC(O)CC1.I. The molecule has 0 atom stereocenters. The van der Waals surface area contributed by atoms with Crippen molar-refractivity contribution in [3.05, 3.63) is 35.4 Å². The summed E-state index contributed by atoms with van der Waals surface area (Å²) in [6.45, 7) is 8.30. The van der Waals surface area contributed by atoms with Crippen LogP contribution in [0.5, 0.6) is 0 Å². The molecule has 0 aromatic heterocycles. The lowest BCUT2D eigenvalue weighted by atomic mass is 9.93. The van der Waals surface area contributed by atoms with Crippen LogP contribution in [-0.4, -0.2) is 61.0 Å². The first-order valence-corrected chi connectivity index (χ1v) is 10.3. The second kappa shape index (κ2) is 12.6. The Morgan fingerprint density at radius 2 is 1.75 bits per heavy atom. The minimum absolute atomic E-state index is 0. The van der Waals surface area contributed by atoms with Crippen molar-refractivity contribution in [1.29, 1.82) is 0 Å². The van der Waals surface area contributed by atoms with Gasteiger partial charge >= 0.3 is 0 Å². The first kappa shape index (κ1) is 23.4. The Bertz CT molecular complexity index is 583. The Kier molecular flexibility index (Phi) is 10.5. The topological polar surface area (TPSA) is 69.1 Å². The number of benzene rings is 1. The number of aliphatic hydroxyl groups is 1. The lowest BCUT2D eigenvalue weighted by molar-refractivity contribution is 0.0342. The van der Waals surface area contributed by atoms with Gasteiger partial charge in [-0.2, -0.15) is 0 Å². The van der Waals surface area contributed by atoms with Gasteiger partial charge in [-0.15, -0.1) is 24.0 Å². The zero-order valence-electron chi connectivity index (χ0n) is 16.9. The van der Waals surface area contributed by atoms with Gasteiger partial charge < -0.3 is 20.5 Å². The Labute approximate surface area is 186 Å². The normalized spacial score (nSPS) is 23.7. The van der Waals surface area contributed by atoms with E-state index in [1.165, 1.54) is 11.1 Å². The largest absolute Gasteiger partial charge is 0.393 e. The molecule has 1 aromatic carbocycles. The Morgan fingerprint density at radius 1 is 1.11 bits per heavy atom. The molecule has 0 unspecified atom stereocenters. The van der Waals surface area contributed by atoms with Crippen LogP contribution in [0.2, 0.25) is 0 Å². The monoisotopic (exact) mass is 502 g/mol. The summed E-state index contributed by atoms with van der Waals surface area (Å²) in [5, 5.41) is 16.5. The van der Waals surface area contributed by atoms with Crippen LogP contribution in [0.4, 0.5) is 0 Å². The van der Waals surface area contributed by atoms with Crippen molar-refractivity contribution >= 4 is 29.9 Å². The van der Waals surface area contributed by atoms with E-state index in [1.807, 2.05) is 0 Å². The summed E-state index contributed by atoms with van der Waals surface area (Å²) in [4.78, 5) is 7.18. The molecule has 158 valence electrons. The molecule has 1 saturated carbocycles. The first-order valence-electron chi connectivity index (χ1n) is 10.3. The second-order valence-corrected chi connectivity index (χ2v) is 7.55. The Hall–Kier alpha value is -0.900. The molecule has 1 aliphatic heterocycles. The Morgan fingerprint density at radius 3 is 2.39 bits per heavy atom. The molecule has 2 aliphatic rings. The molecule has 3 N–H and O–H groups in total.